The predicted molar refractivity (Wildman–Crippen MR) is 146 cm³/mol. The first-order chi connectivity index (χ1) is 19.5. The molecule has 0 unspecified atom stereocenters. The van der Waals surface area contributed by atoms with E-state index in [1.54, 1.807) is 54.9 Å². The van der Waals surface area contributed by atoms with Crippen molar-refractivity contribution in [2.45, 2.75) is 37.8 Å². The first-order valence-electron chi connectivity index (χ1n) is 13.2. The van der Waals surface area contributed by atoms with E-state index in [2.05, 4.69) is 20.9 Å². The summed E-state index contributed by atoms with van der Waals surface area (Å²) in [6, 6.07) is 8.96. The maximum absolute atomic E-state index is 13.1. The van der Waals surface area contributed by atoms with Gasteiger partial charge >= 0.3 is 0 Å². The minimum absolute atomic E-state index is 0.00821. The lowest BCUT2D eigenvalue weighted by Gasteiger charge is -2.27. The molecule has 2 aliphatic heterocycles. The van der Waals surface area contributed by atoms with Crippen molar-refractivity contribution in [2.24, 2.45) is 0 Å². The fourth-order valence-corrected chi connectivity index (χ4v) is 4.73. The van der Waals surface area contributed by atoms with Gasteiger partial charge in [-0.3, -0.25) is 19.4 Å². The van der Waals surface area contributed by atoms with Crippen molar-refractivity contribution in [3.8, 4) is 0 Å². The number of aliphatic hydroxyl groups is 1. The molecule has 40 heavy (non-hydrogen) atoms. The van der Waals surface area contributed by atoms with Gasteiger partial charge in [-0.1, -0.05) is 18.2 Å². The van der Waals surface area contributed by atoms with E-state index in [9.17, 15) is 19.5 Å². The molecule has 1 aromatic carbocycles. The SMILES string of the molecule is O=C(N[C@@H]1CCCNC[C@H]1NC(=O)c1ccncc1)c1ccc(C(=O)C2=COC(C3=C(O)C=CCC3)=CO2)cc1. The summed E-state index contributed by atoms with van der Waals surface area (Å²) < 4.78 is 11.1. The smallest absolute Gasteiger partial charge is 0.251 e. The van der Waals surface area contributed by atoms with E-state index < -0.39 is 5.78 Å². The normalized spacial score (nSPS) is 20.7. The highest BCUT2D eigenvalue weighted by Crippen LogP contribution is 2.28. The number of allylic oxidation sites excluding steroid dienone is 4. The quantitative estimate of drug-likeness (QED) is 0.391. The summed E-state index contributed by atoms with van der Waals surface area (Å²) in [4.78, 5) is 42.7. The van der Waals surface area contributed by atoms with E-state index in [-0.39, 0.29) is 35.4 Å². The number of benzene rings is 1. The number of hydrogen-bond donors (Lipinski definition) is 4. The van der Waals surface area contributed by atoms with Crippen LogP contribution in [0.3, 0.4) is 0 Å². The molecular weight excluding hydrogens is 512 g/mol. The van der Waals surface area contributed by atoms with Crippen molar-refractivity contribution < 1.29 is 29.0 Å². The van der Waals surface area contributed by atoms with E-state index >= 15 is 0 Å². The minimum Gasteiger partial charge on any atom is -0.508 e. The molecule has 10 nitrogen and oxygen atoms in total. The Balaban J connectivity index is 1.20. The maximum Gasteiger partial charge on any atom is 0.251 e. The minimum atomic E-state index is -0.405. The number of nitrogens with zero attached hydrogens (tertiary/aromatic N) is 1. The van der Waals surface area contributed by atoms with E-state index in [0.717, 1.165) is 19.4 Å². The van der Waals surface area contributed by atoms with Gasteiger partial charge < -0.3 is 30.5 Å². The molecule has 3 heterocycles. The van der Waals surface area contributed by atoms with E-state index in [0.29, 0.717) is 47.4 Å². The molecule has 0 radical (unpaired) electrons. The molecule has 3 aliphatic rings. The number of ketones is 1. The van der Waals surface area contributed by atoms with E-state index in [4.69, 9.17) is 9.47 Å². The van der Waals surface area contributed by atoms with Gasteiger partial charge in [0.05, 0.1) is 12.1 Å². The Kier molecular flexibility index (Phi) is 8.36. The summed E-state index contributed by atoms with van der Waals surface area (Å²) in [5, 5.41) is 19.4. The number of aromatic nitrogens is 1. The summed E-state index contributed by atoms with van der Waals surface area (Å²) >= 11 is 0. The summed E-state index contributed by atoms with van der Waals surface area (Å²) in [6.45, 7) is 1.31. The summed E-state index contributed by atoms with van der Waals surface area (Å²) in [6.07, 6.45) is 12.0. The summed E-state index contributed by atoms with van der Waals surface area (Å²) in [7, 11) is 0. The number of Topliss-reactive ketones (excluding diaryl/α,β-unsaturated/α-hetero) is 1. The molecule has 10 heteroatoms. The number of hydrogen-bond acceptors (Lipinski definition) is 8. The van der Waals surface area contributed by atoms with Crippen LogP contribution >= 0.6 is 0 Å². The van der Waals surface area contributed by atoms with E-state index in [1.807, 2.05) is 6.08 Å². The lowest BCUT2D eigenvalue weighted by molar-refractivity contribution is 0.0882. The average Bonchev–Trinajstić information content (AvgIpc) is 3.22. The zero-order chi connectivity index (χ0) is 27.9. The molecule has 4 N–H and O–H groups in total. The number of nitrogens with one attached hydrogen (secondary N) is 3. The number of aliphatic hydroxyl groups excluding tert-OH is 1. The van der Waals surface area contributed by atoms with Gasteiger partial charge in [0.25, 0.3) is 11.8 Å². The molecule has 0 bridgehead atoms. The number of ether oxygens (including phenoxy) is 2. The first-order valence-corrected chi connectivity index (χ1v) is 13.2. The fourth-order valence-electron chi connectivity index (χ4n) is 4.73. The summed E-state index contributed by atoms with van der Waals surface area (Å²) in [5.74, 6) is -0.473. The van der Waals surface area contributed by atoms with Crippen molar-refractivity contribution in [3.63, 3.8) is 0 Å². The Morgan fingerprint density at radius 1 is 0.900 bits per heavy atom. The molecule has 0 saturated carbocycles. The van der Waals surface area contributed by atoms with Gasteiger partial charge in [-0.25, -0.2) is 0 Å². The highest BCUT2D eigenvalue weighted by molar-refractivity contribution is 6.08. The molecule has 1 saturated heterocycles. The lowest BCUT2D eigenvalue weighted by Crippen LogP contribution is -2.54. The van der Waals surface area contributed by atoms with Gasteiger partial charge in [-0.05, 0) is 62.6 Å². The van der Waals surface area contributed by atoms with Crippen LogP contribution in [0.2, 0.25) is 0 Å². The Labute approximate surface area is 231 Å². The Morgan fingerprint density at radius 2 is 1.60 bits per heavy atom. The third-order valence-corrected chi connectivity index (χ3v) is 6.96. The van der Waals surface area contributed by atoms with Gasteiger partial charge in [-0.2, -0.15) is 0 Å². The van der Waals surface area contributed by atoms with Crippen molar-refractivity contribution >= 4 is 17.6 Å². The standard InChI is InChI=1S/C30H30N4O6/c35-25-6-2-1-4-22(25)26-17-40-27(18-39-26)28(36)19-7-9-20(10-8-19)29(37)33-23-5-3-13-32-16-24(23)34-30(38)21-11-14-31-15-12-21/h2,6-12,14-15,17-18,23-24,32,35H,1,3-5,13,16H2,(H,33,37)(H,34,38)/t23-,24-/m1/s1. The molecule has 1 fully saturated rings. The molecule has 1 aromatic heterocycles. The Morgan fingerprint density at radius 3 is 2.30 bits per heavy atom. The van der Waals surface area contributed by atoms with Crippen LogP contribution < -0.4 is 16.0 Å². The van der Waals surface area contributed by atoms with Gasteiger partial charge in [0.2, 0.25) is 11.5 Å². The van der Waals surface area contributed by atoms with Crippen molar-refractivity contribution in [3.05, 3.63) is 113 Å². The molecule has 2 aromatic rings. The van der Waals surface area contributed by atoms with Crippen LogP contribution in [-0.2, 0) is 9.47 Å². The topological polar surface area (TPSA) is 139 Å². The maximum atomic E-state index is 13.1. The number of rotatable bonds is 7. The highest BCUT2D eigenvalue weighted by Gasteiger charge is 2.28. The lowest BCUT2D eigenvalue weighted by atomic mass is 10.0. The van der Waals surface area contributed by atoms with Crippen molar-refractivity contribution in [1.82, 2.24) is 20.9 Å². The number of carbonyl (C=O) groups excluding carboxylic acids is 3. The van der Waals surface area contributed by atoms with Crippen molar-refractivity contribution in [1.29, 1.82) is 0 Å². The third-order valence-electron chi connectivity index (χ3n) is 6.96. The summed E-state index contributed by atoms with van der Waals surface area (Å²) in [5.41, 5.74) is 1.83. The Bertz CT molecular complexity index is 1400. The molecule has 1 aliphatic carbocycles. The largest absolute Gasteiger partial charge is 0.508 e. The zero-order valence-electron chi connectivity index (χ0n) is 21.8. The van der Waals surface area contributed by atoms with Crippen LogP contribution in [0.4, 0.5) is 0 Å². The number of carbonyl (C=O) groups is 3. The second-order valence-corrected chi connectivity index (χ2v) is 9.65. The molecule has 0 spiro atoms. The first kappa shape index (κ1) is 26.9. The van der Waals surface area contributed by atoms with Crippen molar-refractivity contribution in [2.75, 3.05) is 13.1 Å². The van der Waals surface area contributed by atoms with Gasteiger partial charge in [0.1, 0.15) is 18.3 Å². The second-order valence-electron chi connectivity index (χ2n) is 9.65. The third kappa shape index (κ3) is 6.29. The highest BCUT2D eigenvalue weighted by atomic mass is 16.5. The van der Waals surface area contributed by atoms with Crippen LogP contribution in [0.5, 0.6) is 0 Å². The average molecular weight is 543 g/mol. The van der Waals surface area contributed by atoms with Gasteiger partial charge in [0, 0.05) is 41.2 Å². The molecule has 206 valence electrons. The zero-order valence-corrected chi connectivity index (χ0v) is 21.8. The fraction of sp³-hybridized carbons (Fsp3) is 0.267. The monoisotopic (exact) mass is 542 g/mol. The van der Waals surface area contributed by atoms with Crippen LogP contribution in [0.1, 0.15) is 56.8 Å². The van der Waals surface area contributed by atoms with Crippen LogP contribution in [0.15, 0.2) is 96.3 Å². The second kappa shape index (κ2) is 12.4. The molecular formula is C30H30N4O6. The number of amides is 2. The van der Waals surface area contributed by atoms with Crippen LogP contribution in [-0.4, -0.2) is 52.9 Å². The van der Waals surface area contributed by atoms with E-state index in [1.165, 1.54) is 12.5 Å². The van der Waals surface area contributed by atoms with Crippen LogP contribution in [0, 0.1) is 0 Å². The molecule has 2 amide bonds. The number of pyridine rings is 1. The molecule has 5 rings (SSSR count). The predicted octanol–water partition coefficient (Wildman–Crippen LogP) is 3.44. The van der Waals surface area contributed by atoms with Gasteiger partial charge in [-0.15, -0.1) is 0 Å². The molecule has 2 atom stereocenters. The van der Waals surface area contributed by atoms with Crippen LogP contribution in [0.25, 0.3) is 0 Å². The Hall–Kier alpha value is -4.70. The van der Waals surface area contributed by atoms with Gasteiger partial charge in [0.15, 0.2) is 5.76 Å².